The summed E-state index contributed by atoms with van der Waals surface area (Å²) in [4.78, 5) is 27.9. The fourth-order valence-corrected chi connectivity index (χ4v) is 4.44. The molecular weight excluding hydrogens is 268 g/mol. The van der Waals surface area contributed by atoms with E-state index in [1.807, 2.05) is 4.90 Å². The Morgan fingerprint density at radius 2 is 1.52 bits per heavy atom. The maximum atomic E-state index is 12.8. The minimum atomic E-state index is -0.702. The van der Waals surface area contributed by atoms with Crippen molar-refractivity contribution < 1.29 is 14.7 Å². The van der Waals surface area contributed by atoms with Gasteiger partial charge < -0.3 is 14.9 Å². The topological polar surface area (TPSA) is 60.9 Å². The fourth-order valence-electron chi connectivity index (χ4n) is 4.44. The highest BCUT2D eigenvalue weighted by atomic mass is 16.4. The number of carboxylic acids is 1. The lowest BCUT2D eigenvalue weighted by atomic mass is 9.88. The zero-order chi connectivity index (χ0) is 14.8. The first kappa shape index (κ1) is 14.7. The van der Waals surface area contributed by atoms with Crippen LogP contribution in [0.15, 0.2) is 0 Å². The van der Waals surface area contributed by atoms with Crippen LogP contribution in [-0.4, -0.2) is 52.1 Å². The Kier molecular flexibility index (Phi) is 4.36. The third-order valence-electron chi connectivity index (χ3n) is 5.39. The number of carbonyl (C=O) groups excluding carboxylic acids is 1. The summed E-state index contributed by atoms with van der Waals surface area (Å²) in [7, 11) is 0. The van der Waals surface area contributed by atoms with E-state index in [0.717, 1.165) is 51.6 Å². The highest BCUT2D eigenvalue weighted by Crippen LogP contribution is 2.40. The molecule has 3 aliphatic rings. The number of piperidine rings is 1. The van der Waals surface area contributed by atoms with Gasteiger partial charge in [0.15, 0.2) is 0 Å². The molecule has 3 rings (SSSR count). The average Bonchev–Trinajstić information content (AvgIpc) is 2.65. The van der Waals surface area contributed by atoms with Gasteiger partial charge in [0.05, 0.1) is 0 Å². The van der Waals surface area contributed by atoms with Gasteiger partial charge in [-0.05, 0) is 44.4 Å². The molecule has 0 saturated carbocycles. The first-order valence-corrected chi connectivity index (χ1v) is 8.44. The SMILES string of the molecule is O=C(O)CC1CC2CCC(C1)N2C(=O)N1CCCCCC1. The Bertz CT molecular complexity index is 390. The number of rotatable bonds is 2. The smallest absolute Gasteiger partial charge is 0.320 e. The van der Waals surface area contributed by atoms with Crippen molar-refractivity contribution in [3.8, 4) is 0 Å². The molecule has 0 spiro atoms. The van der Waals surface area contributed by atoms with Gasteiger partial charge in [-0.25, -0.2) is 4.79 Å². The zero-order valence-corrected chi connectivity index (χ0v) is 12.7. The first-order chi connectivity index (χ1) is 10.1. The lowest BCUT2D eigenvalue weighted by Gasteiger charge is -2.41. The fraction of sp³-hybridized carbons (Fsp3) is 0.875. The molecule has 3 aliphatic heterocycles. The van der Waals surface area contributed by atoms with Crippen LogP contribution in [0.1, 0.15) is 57.8 Å². The molecule has 118 valence electrons. The van der Waals surface area contributed by atoms with Crippen molar-refractivity contribution in [1.29, 1.82) is 0 Å². The Balaban J connectivity index is 1.64. The quantitative estimate of drug-likeness (QED) is 0.851. The normalized spacial score (nSPS) is 32.9. The van der Waals surface area contributed by atoms with Gasteiger partial charge in [0, 0.05) is 31.6 Å². The second-order valence-electron chi connectivity index (χ2n) is 6.91. The summed E-state index contributed by atoms with van der Waals surface area (Å²) in [6.45, 7) is 1.79. The highest BCUT2D eigenvalue weighted by molar-refractivity contribution is 5.76. The Morgan fingerprint density at radius 1 is 0.952 bits per heavy atom. The average molecular weight is 294 g/mol. The number of hydrogen-bond acceptors (Lipinski definition) is 2. The number of fused-ring (bicyclic) bond motifs is 2. The third kappa shape index (κ3) is 3.16. The number of amides is 2. The molecule has 5 heteroatoms. The summed E-state index contributed by atoms with van der Waals surface area (Å²) in [5.41, 5.74) is 0. The second-order valence-corrected chi connectivity index (χ2v) is 6.91. The van der Waals surface area contributed by atoms with Crippen molar-refractivity contribution >= 4 is 12.0 Å². The zero-order valence-electron chi connectivity index (χ0n) is 12.7. The van der Waals surface area contributed by atoms with Gasteiger partial charge in [0.1, 0.15) is 0 Å². The summed E-state index contributed by atoms with van der Waals surface area (Å²) in [6, 6.07) is 0.783. The predicted octanol–water partition coefficient (Wildman–Crippen LogP) is 2.70. The van der Waals surface area contributed by atoms with Gasteiger partial charge >= 0.3 is 12.0 Å². The molecule has 0 aromatic rings. The van der Waals surface area contributed by atoms with Crippen LogP contribution >= 0.6 is 0 Å². The van der Waals surface area contributed by atoms with Crippen LogP contribution in [0.3, 0.4) is 0 Å². The summed E-state index contributed by atoms with van der Waals surface area (Å²) in [5, 5.41) is 8.98. The van der Waals surface area contributed by atoms with Gasteiger partial charge in [-0.1, -0.05) is 12.8 Å². The summed E-state index contributed by atoms with van der Waals surface area (Å²) in [5.74, 6) is -0.445. The van der Waals surface area contributed by atoms with Crippen molar-refractivity contribution in [1.82, 2.24) is 9.80 Å². The number of urea groups is 1. The summed E-state index contributed by atoms with van der Waals surface area (Å²) < 4.78 is 0. The van der Waals surface area contributed by atoms with Gasteiger partial charge in [-0.15, -0.1) is 0 Å². The predicted molar refractivity (Wildman–Crippen MR) is 79.1 cm³/mol. The second kappa shape index (κ2) is 6.24. The molecule has 0 aromatic heterocycles. The molecule has 0 aromatic carbocycles. The minimum Gasteiger partial charge on any atom is -0.481 e. The largest absolute Gasteiger partial charge is 0.481 e. The number of likely N-dealkylation sites (tertiary alicyclic amines) is 1. The van der Waals surface area contributed by atoms with Crippen LogP contribution in [-0.2, 0) is 4.79 Å². The van der Waals surface area contributed by atoms with Crippen molar-refractivity contribution in [2.24, 2.45) is 5.92 Å². The van der Waals surface area contributed by atoms with E-state index >= 15 is 0 Å². The van der Waals surface area contributed by atoms with Crippen LogP contribution in [0.25, 0.3) is 0 Å². The van der Waals surface area contributed by atoms with Crippen LogP contribution in [0.4, 0.5) is 4.79 Å². The molecule has 3 fully saturated rings. The van der Waals surface area contributed by atoms with Crippen molar-refractivity contribution in [2.45, 2.75) is 69.9 Å². The maximum Gasteiger partial charge on any atom is 0.320 e. The monoisotopic (exact) mass is 294 g/mol. The standard InChI is InChI=1S/C16H26N2O3/c19-15(20)11-12-9-13-5-6-14(10-12)18(13)16(21)17-7-3-1-2-4-8-17/h12-14H,1-11H2,(H,19,20). The lowest BCUT2D eigenvalue weighted by molar-refractivity contribution is -0.138. The minimum absolute atomic E-state index is 0.221. The summed E-state index contributed by atoms with van der Waals surface area (Å²) >= 11 is 0. The van der Waals surface area contributed by atoms with E-state index in [4.69, 9.17) is 5.11 Å². The maximum absolute atomic E-state index is 12.8. The molecule has 0 radical (unpaired) electrons. The molecule has 0 aliphatic carbocycles. The molecule has 1 N–H and O–H groups in total. The molecule has 3 saturated heterocycles. The molecular formula is C16H26N2O3. The summed E-state index contributed by atoms with van der Waals surface area (Å²) in [6.07, 6.45) is 8.84. The van der Waals surface area contributed by atoms with Crippen LogP contribution < -0.4 is 0 Å². The van der Waals surface area contributed by atoms with E-state index in [9.17, 15) is 9.59 Å². The molecule has 2 bridgehead atoms. The molecule has 2 unspecified atom stereocenters. The van der Waals surface area contributed by atoms with E-state index in [-0.39, 0.29) is 30.5 Å². The Hall–Kier alpha value is -1.26. The lowest BCUT2D eigenvalue weighted by Crippen LogP contribution is -2.52. The molecule has 3 heterocycles. The van der Waals surface area contributed by atoms with Crippen molar-refractivity contribution in [2.75, 3.05) is 13.1 Å². The molecule has 2 amide bonds. The Labute approximate surface area is 126 Å². The van der Waals surface area contributed by atoms with Gasteiger partial charge in [-0.2, -0.15) is 0 Å². The van der Waals surface area contributed by atoms with Gasteiger partial charge in [0.25, 0.3) is 0 Å². The number of carboxylic acid groups (broad SMARTS) is 1. The van der Waals surface area contributed by atoms with Gasteiger partial charge in [-0.3, -0.25) is 4.79 Å². The molecule has 5 nitrogen and oxygen atoms in total. The molecule has 2 atom stereocenters. The van der Waals surface area contributed by atoms with E-state index in [2.05, 4.69) is 4.90 Å². The third-order valence-corrected chi connectivity index (χ3v) is 5.39. The number of hydrogen-bond donors (Lipinski definition) is 1. The van der Waals surface area contributed by atoms with Gasteiger partial charge in [0.2, 0.25) is 0 Å². The van der Waals surface area contributed by atoms with Crippen LogP contribution in [0.2, 0.25) is 0 Å². The van der Waals surface area contributed by atoms with Crippen molar-refractivity contribution in [3.05, 3.63) is 0 Å². The highest BCUT2D eigenvalue weighted by Gasteiger charge is 2.44. The van der Waals surface area contributed by atoms with E-state index in [1.54, 1.807) is 0 Å². The van der Waals surface area contributed by atoms with E-state index in [0.29, 0.717) is 0 Å². The number of nitrogens with zero attached hydrogens (tertiary/aromatic N) is 2. The van der Waals surface area contributed by atoms with Crippen molar-refractivity contribution in [3.63, 3.8) is 0 Å². The van der Waals surface area contributed by atoms with E-state index in [1.165, 1.54) is 12.8 Å². The number of aliphatic carboxylic acids is 1. The Morgan fingerprint density at radius 3 is 2.05 bits per heavy atom. The first-order valence-electron chi connectivity index (χ1n) is 8.44. The van der Waals surface area contributed by atoms with Crippen LogP contribution in [0, 0.1) is 5.92 Å². The van der Waals surface area contributed by atoms with E-state index < -0.39 is 5.97 Å². The number of carbonyl (C=O) groups is 2. The molecule has 21 heavy (non-hydrogen) atoms. The van der Waals surface area contributed by atoms with Crippen LogP contribution in [0.5, 0.6) is 0 Å².